The molecule has 2 rings (SSSR count). The van der Waals surface area contributed by atoms with Crippen LogP contribution in [0.1, 0.15) is 39.0 Å². The third kappa shape index (κ3) is 4.25. The smallest absolute Gasteiger partial charge is 0.220 e. The van der Waals surface area contributed by atoms with Crippen molar-refractivity contribution in [1.82, 2.24) is 10.6 Å². The summed E-state index contributed by atoms with van der Waals surface area (Å²) in [4.78, 5) is 11.8. The monoisotopic (exact) mass is 254 g/mol. The molecule has 0 spiro atoms. The van der Waals surface area contributed by atoms with Crippen LogP contribution in [0.25, 0.3) is 0 Å². The molecule has 0 bridgehead atoms. The highest BCUT2D eigenvalue weighted by molar-refractivity contribution is 5.75. The van der Waals surface area contributed by atoms with Crippen molar-refractivity contribution in [2.45, 2.75) is 39.0 Å². The number of amides is 1. The van der Waals surface area contributed by atoms with Crippen molar-refractivity contribution in [1.29, 1.82) is 0 Å². The Kier molecular flexibility index (Phi) is 5.01. The van der Waals surface area contributed by atoms with Crippen LogP contribution < -0.4 is 10.6 Å². The van der Waals surface area contributed by atoms with E-state index in [9.17, 15) is 4.79 Å². The normalized spacial score (nSPS) is 27.1. The zero-order chi connectivity index (χ0) is 12.8. The van der Waals surface area contributed by atoms with Crippen molar-refractivity contribution >= 4 is 5.91 Å². The largest absolute Gasteiger partial charge is 0.381 e. The van der Waals surface area contributed by atoms with Crippen molar-refractivity contribution in [2.24, 2.45) is 11.3 Å². The summed E-state index contributed by atoms with van der Waals surface area (Å²) in [5.41, 5.74) is 0.239. The van der Waals surface area contributed by atoms with Crippen molar-refractivity contribution < 1.29 is 9.53 Å². The van der Waals surface area contributed by atoms with Gasteiger partial charge in [-0.05, 0) is 50.1 Å². The number of hydrogen-bond acceptors (Lipinski definition) is 3. The van der Waals surface area contributed by atoms with Gasteiger partial charge in [0.15, 0.2) is 0 Å². The summed E-state index contributed by atoms with van der Waals surface area (Å²) < 4.78 is 5.37. The van der Waals surface area contributed by atoms with Crippen molar-refractivity contribution in [3.05, 3.63) is 0 Å². The third-order valence-electron chi connectivity index (χ3n) is 4.35. The van der Waals surface area contributed by atoms with Crippen LogP contribution >= 0.6 is 0 Å². The Morgan fingerprint density at radius 1 is 1.44 bits per heavy atom. The number of ether oxygens (including phenoxy) is 1. The van der Waals surface area contributed by atoms with Gasteiger partial charge in [0.1, 0.15) is 0 Å². The number of rotatable bonds is 5. The minimum Gasteiger partial charge on any atom is -0.381 e. The second kappa shape index (κ2) is 6.53. The molecule has 0 aliphatic carbocycles. The first kappa shape index (κ1) is 13.8. The van der Waals surface area contributed by atoms with E-state index in [-0.39, 0.29) is 11.3 Å². The van der Waals surface area contributed by atoms with Gasteiger partial charge in [-0.2, -0.15) is 0 Å². The summed E-state index contributed by atoms with van der Waals surface area (Å²) in [5, 5.41) is 6.44. The number of carbonyl (C=O) groups is 1. The van der Waals surface area contributed by atoms with E-state index in [0.29, 0.717) is 12.3 Å². The Balaban J connectivity index is 1.61. The highest BCUT2D eigenvalue weighted by Crippen LogP contribution is 2.28. The van der Waals surface area contributed by atoms with E-state index in [1.165, 1.54) is 6.42 Å². The summed E-state index contributed by atoms with van der Waals surface area (Å²) in [6.45, 7) is 6.92. The van der Waals surface area contributed by atoms with Crippen LogP contribution in [0, 0.1) is 11.3 Å². The van der Waals surface area contributed by atoms with Gasteiger partial charge in [-0.1, -0.05) is 6.92 Å². The minimum atomic E-state index is 0.217. The Hall–Kier alpha value is -0.610. The molecule has 2 N–H and O–H groups in total. The standard InChI is InChI=1S/C14H26N2O2/c1-14(5-8-18-9-6-14)11-16-13(17)3-2-12-4-7-15-10-12/h12,15H,2-11H2,1H3,(H,16,17). The first-order valence-corrected chi connectivity index (χ1v) is 7.23. The zero-order valence-corrected chi connectivity index (χ0v) is 11.5. The van der Waals surface area contributed by atoms with Gasteiger partial charge in [-0.15, -0.1) is 0 Å². The highest BCUT2D eigenvalue weighted by atomic mass is 16.5. The average molecular weight is 254 g/mol. The fourth-order valence-electron chi connectivity index (χ4n) is 2.74. The molecule has 2 heterocycles. The Morgan fingerprint density at radius 3 is 2.89 bits per heavy atom. The maximum Gasteiger partial charge on any atom is 0.220 e. The molecular formula is C14H26N2O2. The fourth-order valence-corrected chi connectivity index (χ4v) is 2.74. The predicted molar refractivity (Wildman–Crippen MR) is 71.4 cm³/mol. The van der Waals surface area contributed by atoms with Crippen molar-refractivity contribution in [2.75, 3.05) is 32.8 Å². The van der Waals surface area contributed by atoms with Gasteiger partial charge in [-0.3, -0.25) is 4.79 Å². The van der Waals surface area contributed by atoms with Crippen molar-refractivity contribution in [3.8, 4) is 0 Å². The number of hydrogen-bond donors (Lipinski definition) is 2. The lowest BCUT2D eigenvalue weighted by molar-refractivity contribution is -0.122. The minimum absolute atomic E-state index is 0.217. The first-order chi connectivity index (χ1) is 8.68. The number of carbonyl (C=O) groups excluding carboxylic acids is 1. The first-order valence-electron chi connectivity index (χ1n) is 7.23. The van der Waals surface area contributed by atoms with E-state index in [1.54, 1.807) is 0 Å². The van der Waals surface area contributed by atoms with E-state index < -0.39 is 0 Å². The summed E-state index contributed by atoms with van der Waals surface area (Å²) in [6.07, 6.45) is 5.04. The quantitative estimate of drug-likeness (QED) is 0.778. The molecule has 4 heteroatoms. The van der Waals surface area contributed by atoms with Crippen LogP contribution in [0.4, 0.5) is 0 Å². The Morgan fingerprint density at radius 2 is 2.22 bits per heavy atom. The van der Waals surface area contributed by atoms with E-state index in [1.807, 2.05) is 0 Å². The molecule has 1 amide bonds. The van der Waals surface area contributed by atoms with E-state index in [4.69, 9.17) is 4.74 Å². The molecule has 1 atom stereocenters. The zero-order valence-electron chi connectivity index (χ0n) is 11.5. The lowest BCUT2D eigenvalue weighted by Crippen LogP contribution is -2.39. The Bertz CT molecular complexity index is 269. The lowest BCUT2D eigenvalue weighted by atomic mass is 9.82. The molecule has 0 aromatic carbocycles. The van der Waals surface area contributed by atoms with Crippen LogP contribution in [-0.2, 0) is 9.53 Å². The highest BCUT2D eigenvalue weighted by Gasteiger charge is 2.27. The van der Waals surface area contributed by atoms with Crippen LogP contribution in [0.3, 0.4) is 0 Å². The van der Waals surface area contributed by atoms with Gasteiger partial charge in [0.25, 0.3) is 0 Å². The molecule has 2 aliphatic heterocycles. The molecule has 0 saturated carbocycles. The van der Waals surface area contributed by atoms with E-state index in [2.05, 4.69) is 17.6 Å². The molecular weight excluding hydrogens is 228 g/mol. The van der Waals surface area contributed by atoms with Crippen LogP contribution in [0.5, 0.6) is 0 Å². The fraction of sp³-hybridized carbons (Fsp3) is 0.929. The summed E-state index contributed by atoms with van der Waals surface area (Å²) >= 11 is 0. The molecule has 0 aromatic heterocycles. The summed E-state index contributed by atoms with van der Waals surface area (Å²) in [5.74, 6) is 0.920. The van der Waals surface area contributed by atoms with E-state index in [0.717, 1.165) is 52.1 Å². The number of nitrogens with one attached hydrogen (secondary N) is 2. The summed E-state index contributed by atoms with van der Waals surface area (Å²) in [6, 6.07) is 0. The van der Waals surface area contributed by atoms with Gasteiger partial charge >= 0.3 is 0 Å². The summed E-state index contributed by atoms with van der Waals surface area (Å²) in [7, 11) is 0. The van der Waals surface area contributed by atoms with Gasteiger partial charge in [-0.25, -0.2) is 0 Å². The lowest BCUT2D eigenvalue weighted by Gasteiger charge is -2.33. The van der Waals surface area contributed by atoms with Crippen molar-refractivity contribution in [3.63, 3.8) is 0 Å². The SMILES string of the molecule is CC1(CNC(=O)CCC2CCNC2)CCOCC1. The van der Waals surface area contributed by atoms with Gasteiger partial charge in [0.05, 0.1) is 0 Å². The second-order valence-electron chi connectivity index (χ2n) is 6.10. The molecule has 4 nitrogen and oxygen atoms in total. The Labute approximate surface area is 110 Å². The maximum atomic E-state index is 11.8. The molecule has 1 unspecified atom stereocenters. The molecule has 2 saturated heterocycles. The molecule has 2 aliphatic rings. The molecule has 18 heavy (non-hydrogen) atoms. The molecule has 104 valence electrons. The molecule has 2 fully saturated rings. The van der Waals surface area contributed by atoms with Crippen LogP contribution in [0.15, 0.2) is 0 Å². The second-order valence-corrected chi connectivity index (χ2v) is 6.10. The topological polar surface area (TPSA) is 50.4 Å². The maximum absolute atomic E-state index is 11.8. The van der Waals surface area contributed by atoms with Crippen LogP contribution in [0.2, 0.25) is 0 Å². The van der Waals surface area contributed by atoms with Gasteiger partial charge in [0, 0.05) is 26.2 Å². The van der Waals surface area contributed by atoms with E-state index >= 15 is 0 Å². The molecule has 0 aromatic rings. The predicted octanol–water partition coefficient (Wildman–Crippen LogP) is 1.31. The molecule has 0 radical (unpaired) electrons. The van der Waals surface area contributed by atoms with Gasteiger partial charge < -0.3 is 15.4 Å². The van der Waals surface area contributed by atoms with Crippen LogP contribution in [-0.4, -0.2) is 38.8 Å². The van der Waals surface area contributed by atoms with Gasteiger partial charge in [0.2, 0.25) is 5.91 Å². The third-order valence-corrected chi connectivity index (χ3v) is 4.35. The average Bonchev–Trinajstić information content (AvgIpc) is 2.88.